The Balaban J connectivity index is 0.00000182. The van der Waals surface area contributed by atoms with E-state index in [9.17, 15) is 4.79 Å². The van der Waals surface area contributed by atoms with Crippen molar-refractivity contribution in [3.63, 3.8) is 0 Å². The minimum atomic E-state index is -0.180. The minimum Gasteiger partial charge on any atom is -0.490 e. The van der Waals surface area contributed by atoms with Gasteiger partial charge in [-0.2, -0.15) is 5.10 Å². The van der Waals surface area contributed by atoms with Crippen molar-refractivity contribution in [2.45, 2.75) is 44.8 Å². The number of benzene rings is 1. The quantitative estimate of drug-likeness (QED) is 0.781. The summed E-state index contributed by atoms with van der Waals surface area (Å²) >= 11 is 0. The Morgan fingerprint density at radius 2 is 1.96 bits per heavy atom. The van der Waals surface area contributed by atoms with Crippen LogP contribution in [0.15, 0.2) is 24.3 Å². The van der Waals surface area contributed by atoms with Gasteiger partial charge in [0, 0.05) is 36.5 Å². The monoisotopic (exact) mass is 362 g/mol. The van der Waals surface area contributed by atoms with Crippen LogP contribution in [0.5, 0.6) is 5.75 Å². The molecule has 3 N–H and O–H groups in total. The number of nitrogens with zero attached hydrogens (tertiary/aromatic N) is 1. The van der Waals surface area contributed by atoms with Crippen molar-refractivity contribution in [1.82, 2.24) is 15.5 Å². The molecule has 1 fully saturated rings. The molecule has 7 heteroatoms. The Morgan fingerprint density at radius 1 is 1.20 bits per heavy atom. The van der Waals surface area contributed by atoms with Gasteiger partial charge in [0.15, 0.2) is 5.69 Å². The predicted molar refractivity (Wildman–Crippen MR) is 98.5 cm³/mol. The normalized spacial score (nSPS) is 16.8. The third-order valence-electron chi connectivity index (χ3n) is 4.74. The van der Waals surface area contributed by atoms with Gasteiger partial charge in [-0.3, -0.25) is 9.89 Å². The standard InChI is InChI=1S/C18H22N4O2.ClH/c23-18(17-15-11-19-10-9-16(15)21-22-17)20-12-5-7-14(8-6-12)24-13-3-1-2-4-13;/h5-8,13,19H,1-4,9-11H2,(H,20,23)(H,21,22);1H. The second-order valence-electron chi connectivity index (χ2n) is 6.46. The number of nitrogens with one attached hydrogen (secondary N) is 3. The average Bonchev–Trinajstić information content (AvgIpc) is 3.26. The molecular weight excluding hydrogens is 340 g/mol. The minimum absolute atomic E-state index is 0. The second kappa shape index (κ2) is 7.89. The SMILES string of the molecule is Cl.O=C(Nc1ccc(OC2CCCC2)cc1)c1n[nH]c2c1CNCC2. The van der Waals surface area contributed by atoms with Gasteiger partial charge in [0.1, 0.15) is 5.75 Å². The summed E-state index contributed by atoms with van der Waals surface area (Å²) in [6.07, 6.45) is 5.99. The topological polar surface area (TPSA) is 79.0 Å². The molecule has 1 amide bonds. The Labute approximate surface area is 153 Å². The predicted octanol–water partition coefficient (Wildman–Crippen LogP) is 3.05. The van der Waals surface area contributed by atoms with Crippen molar-refractivity contribution in [3.05, 3.63) is 41.2 Å². The summed E-state index contributed by atoms with van der Waals surface area (Å²) in [6, 6.07) is 7.57. The Bertz CT molecular complexity index is 723. The summed E-state index contributed by atoms with van der Waals surface area (Å²) in [5.41, 5.74) is 3.25. The summed E-state index contributed by atoms with van der Waals surface area (Å²) in [6.45, 7) is 1.60. The number of amides is 1. The van der Waals surface area contributed by atoms with Crippen LogP contribution < -0.4 is 15.4 Å². The first-order valence-electron chi connectivity index (χ1n) is 8.64. The number of aromatic amines is 1. The maximum atomic E-state index is 12.5. The highest BCUT2D eigenvalue weighted by molar-refractivity contribution is 6.04. The Hall–Kier alpha value is -2.05. The summed E-state index contributed by atoms with van der Waals surface area (Å²) < 4.78 is 5.94. The molecule has 0 saturated heterocycles. The maximum absolute atomic E-state index is 12.5. The van der Waals surface area contributed by atoms with Gasteiger partial charge in [0.05, 0.1) is 6.10 Å². The zero-order chi connectivity index (χ0) is 16.4. The van der Waals surface area contributed by atoms with Gasteiger partial charge in [-0.15, -0.1) is 12.4 Å². The van der Waals surface area contributed by atoms with Gasteiger partial charge in [-0.1, -0.05) is 0 Å². The van der Waals surface area contributed by atoms with Crippen molar-refractivity contribution in [1.29, 1.82) is 0 Å². The molecule has 1 aliphatic heterocycles. The maximum Gasteiger partial charge on any atom is 0.276 e. The molecule has 25 heavy (non-hydrogen) atoms. The van der Waals surface area contributed by atoms with Crippen LogP contribution in [0.25, 0.3) is 0 Å². The number of carbonyl (C=O) groups excluding carboxylic acids is 1. The van der Waals surface area contributed by atoms with E-state index in [0.717, 1.165) is 48.5 Å². The van der Waals surface area contributed by atoms with Crippen LogP contribution in [-0.2, 0) is 13.0 Å². The molecule has 2 aromatic rings. The first-order valence-corrected chi connectivity index (χ1v) is 8.64. The molecule has 0 spiro atoms. The van der Waals surface area contributed by atoms with Gasteiger partial charge < -0.3 is 15.4 Å². The number of hydrogen-bond acceptors (Lipinski definition) is 4. The number of ether oxygens (including phenoxy) is 1. The van der Waals surface area contributed by atoms with Crippen LogP contribution in [0, 0.1) is 0 Å². The smallest absolute Gasteiger partial charge is 0.276 e. The average molecular weight is 363 g/mol. The van der Waals surface area contributed by atoms with Crippen molar-refractivity contribution < 1.29 is 9.53 Å². The first kappa shape index (κ1) is 17.8. The second-order valence-corrected chi connectivity index (χ2v) is 6.46. The van der Waals surface area contributed by atoms with E-state index >= 15 is 0 Å². The van der Waals surface area contributed by atoms with Crippen LogP contribution in [0.1, 0.15) is 47.4 Å². The van der Waals surface area contributed by atoms with Crippen LogP contribution in [0.4, 0.5) is 5.69 Å². The highest BCUT2D eigenvalue weighted by Gasteiger charge is 2.21. The van der Waals surface area contributed by atoms with Crippen LogP contribution in [0.3, 0.4) is 0 Å². The number of fused-ring (bicyclic) bond motifs is 1. The fraction of sp³-hybridized carbons (Fsp3) is 0.444. The molecule has 4 rings (SSSR count). The summed E-state index contributed by atoms with van der Waals surface area (Å²) in [5, 5.41) is 13.3. The van der Waals surface area contributed by atoms with E-state index in [4.69, 9.17) is 4.74 Å². The van der Waals surface area contributed by atoms with E-state index in [1.54, 1.807) is 0 Å². The lowest BCUT2D eigenvalue weighted by Gasteiger charge is -2.14. The number of H-pyrrole nitrogens is 1. The van der Waals surface area contributed by atoms with Gasteiger partial charge in [0.2, 0.25) is 0 Å². The van der Waals surface area contributed by atoms with Gasteiger partial charge in [-0.25, -0.2) is 0 Å². The van der Waals surface area contributed by atoms with E-state index in [0.29, 0.717) is 18.3 Å². The van der Waals surface area contributed by atoms with E-state index < -0.39 is 0 Å². The molecule has 2 aliphatic rings. The van der Waals surface area contributed by atoms with E-state index in [-0.39, 0.29) is 18.3 Å². The van der Waals surface area contributed by atoms with Crippen LogP contribution >= 0.6 is 12.4 Å². The van der Waals surface area contributed by atoms with Gasteiger partial charge in [0.25, 0.3) is 5.91 Å². The number of rotatable bonds is 4. The highest BCUT2D eigenvalue weighted by atomic mass is 35.5. The number of anilines is 1. The van der Waals surface area contributed by atoms with Crippen LogP contribution in [0.2, 0.25) is 0 Å². The molecule has 1 aromatic carbocycles. The van der Waals surface area contributed by atoms with Crippen LogP contribution in [-0.4, -0.2) is 28.8 Å². The zero-order valence-corrected chi connectivity index (χ0v) is 14.8. The number of hydrogen-bond donors (Lipinski definition) is 3. The summed E-state index contributed by atoms with van der Waals surface area (Å²) in [5.74, 6) is 0.682. The van der Waals surface area contributed by atoms with E-state index in [1.807, 2.05) is 24.3 Å². The number of halogens is 1. The largest absolute Gasteiger partial charge is 0.490 e. The Kier molecular flexibility index (Phi) is 5.60. The van der Waals surface area contributed by atoms with E-state index in [1.165, 1.54) is 12.8 Å². The molecule has 0 bridgehead atoms. The molecule has 1 aromatic heterocycles. The summed E-state index contributed by atoms with van der Waals surface area (Å²) in [4.78, 5) is 12.5. The lowest BCUT2D eigenvalue weighted by atomic mass is 10.1. The molecule has 0 radical (unpaired) electrons. The molecule has 0 atom stereocenters. The fourth-order valence-electron chi connectivity index (χ4n) is 3.42. The Morgan fingerprint density at radius 3 is 2.72 bits per heavy atom. The van der Waals surface area contributed by atoms with Gasteiger partial charge >= 0.3 is 0 Å². The molecule has 1 aliphatic carbocycles. The lowest BCUT2D eigenvalue weighted by Crippen LogP contribution is -2.25. The molecule has 6 nitrogen and oxygen atoms in total. The first-order chi connectivity index (χ1) is 11.8. The highest BCUT2D eigenvalue weighted by Crippen LogP contribution is 2.25. The molecule has 0 unspecified atom stereocenters. The molecule has 134 valence electrons. The summed E-state index contributed by atoms with van der Waals surface area (Å²) in [7, 11) is 0. The zero-order valence-electron chi connectivity index (χ0n) is 14.0. The molecule has 1 saturated carbocycles. The third kappa shape index (κ3) is 3.96. The number of carbonyl (C=O) groups is 1. The fourth-order valence-corrected chi connectivity index (χ4v) is 3.42. The van der Waals surface area contributed by atoms with E-state index in [2.05, 4.69) is 20.8 Å². The molecule has 2 heterocycles. The number of aromatic nitrogens is 2. The van der Waals surface area contributed by atoms with Crippen molar-refractivity contribution >= 4 is 24.0 Å². The van der Waals surface area contributed by atoms with Crippen molar-refractivity contribution in [3.8, 4) is 5.75 Å². The van der Waals surface area contributed by atoms with Gasteiger partial charge in [-0.05, 0) is 49.9 Å². The molecular formula is C18H23ClN4O2. The van der Waals surface area contributed by atoms with Crippen molar-refractivity contribution in [2.75, 3.05) is 11.9 Å². The third-order valence-corrected chi connectivity index (χ3v) is 4.74. The van der Waals surface area contributed by atoms with Crippen molar-refractivity contribution in [2.24, 2.45) is 0 Å². The lowest BCUT2D eigenvalue weighted by molar-refractivity contribution is 0.102.